The summed E-state index contributed by atoms with van der Waals surface area (Å²) in [6.07, 6.45) is 3.56. The van der Waals surface area contributed by atoms with Crippen LogP contribution in [-0.4, -0.2) is 18.7 Å². The number of benzene rings is 3. The molecule has 3 aromatic carbocycles. The van der Waals surface area contributed by atoms with Crippen molar-refractivity contribution in [1.29, 1.82) is 0 Å². The van der Waals surface area contributed by atoms with E-state index in [1.807, 2.05) is 6.92 Å². The van der Waals surface area contributed by atoms with Gasteiger partial charge in [-0.05, 0) is 72.8 Å². The highest BCUT2D eigenvalue weighted by Gasteiger charge is 2.31. The molecule has 1 saturated carbocycles. The maximum Gasteiger partial charge on any atom is 0.130 e. The summed E-state index contributed by atoms with van der Waals surface area (Å²) in [5, 5.41) is 0. The number of ether oxygens (including phenoxy) is 1. The first-order chi connectivity index (χ1) is 15.1. The van der Waals surface area contributed by atoms with Crippen molar-refractivity contribution in [3.05, 3.63) is 102 Å². The quantitative estimate of drug-likeness (QED) is 0.531. The Kier molecular flexibility index (Phi) is 6.74. The van der Waals surface area contributed by atoms with Crippen LogP contribution in [0.25, 0.3) is 0 Å². The molecule has 2 atom stereocenters. The Labute approximate surface area is 186 Å². The summed E-state index contributed by atoms with van der Waals surface area (Å²) in [4.78, 5) is 0. The van der Waals surface area contributed by atoms with Gasteiger partial charge in [0, 0.05) is 13.1 Å². The molecule has 0 bridgehead atoms. The van der Waals surface area contributed by atoms with E-state index in [1.54, 1.807) is 0 Å². The Morgan fingerprint density at radius 2 is 1.03 bits per heavy atom. The monoisotopic (exact) mass is 414 g/mol. The molecule has 1 aliphatic carbocycles. The van der Waals surface area contributed by atoms with Gasteiger partial charge in [0.2, 0.25) is 0 Å². The van der Waals surface area contributed by atoms with E-state index < -0.39 is 5.60 Å². The summed E-state index contributed by atoms with van der Waals surface area (Å²) in [5.41, 5.74) is 15.5. The molecule has 162 valence electrons. The molecule has 0 heterocycles. The lowest BCUT2D eigenvalue weighted by Gasteiger charge is -2.36. The SMILES string of the molecule is CC(CN)(CN)Oc1ccc(C2CC(c3ccccc3)CC(c3ccccc3)C2)cc1. The number of nitrogens with two attached hydrogens (primary N) is 2. The summed E-state index contributed by atoms with van der Waals surface area (Å²) >= 11 is 0. The third-order valence-electron chi connectivity index (χ3n) is 6.83. The summed E-state index contributed by atoms with van der Waals surface area (Å²) in [5.74, 6) is 2.49. The fourth-order valence-electron chi connectivity index (χ4n) is 4.85. The molecule has 0 radical (unpaired) electrons. The topological polar surface area (TPSA) is 61.3 Å². The molecule has 0 spiro atoms. The first kappa shape index (κ1) is 21.6. The lowest BCUT2D eigenvalue weighted by Crippen LogP contribution is -2.47. The van der Waals surface area contributed by atoms with Crippen LogP contribution in [-0.2, 0) is 0 Å². The van der Waals surface area contributed by atoms with Crippen LogP contribution in [0.5, 0.6) is 5.75 Å². The van der Waals surface area contributed by atoms with Crippen LogP contribution in [0, 0.1) is 0 Å². The third-order valence-corrected chi connectivity index (χ3v) is 6.83. The molecule has 3 nitrogen and oxygen atoms in total. The van der Waals surface area contributed by atoms with E-state index in [1.165, 1.54) is 36.0 Å². The van der Waals surface area contributed by atoms with Crippen LogP contribution in [0.4, 0.5) is 0 Å². The molecule has 1 aliphatic rings. The second-order valence-electron chi connectivity index (χ2n) is 9.15. The lowest BCUT2D eigenvalue weighted by molar-refractivity contribution is 0.107. The van der Waals surface area contributed by atoms with Crippen LogP contribution >= 0.6 is 0 Å². The zero-order valence-corrected chi connectivity index (χ0v) is 18.4. The van der Waals surface area contributed by atoms with Gasteiger partial charge < -0.3 is 16.2 Å². The molecule has 31 heavy (non-hydrogen) atoms. The van der Waals surface area contributed by atoms with E-state index >= 15 is 0 Å². The molecule has 2 unspecified atom stereocenters. The molecule has 3 heteroatoms. The number of hydrogen-bond acceptors (Lipinski definition) is 3. The molecule has 1 fully saturated rings. The molecule has 3 aromatic rings. The van der Waals surface area contributed by atoms with Gasteiger partial charge in [0.15, 0.2) is 0 Å². The Morgan fingerprint density at radius 3 is 1.42 bits per heavy atom. The predicted octanol–water partition coefficient (Wildman–Crippen LogP) is 5.58. The fraction of sp³-hybridized carbons (Fsp3) is 0.357. The largest absolute Gasteiger partial charge is 0.485 e. The van der Waals surface area contributed by atoms with E-state index in [-0.39, 0.29) is 0 Å². The van der Waals surface area contributed by atoms with E-state index in [0.29, 0.717) is 30.8 Å². The highest BCUT2D eigenvalue weighted by molar-refractivity contribution is 5.33. The molecule has 4 N–H and O–H groups in total. The smallest absolute Gasteiger partial charge is 0.130 e. The molecule has 0 aromatic heterocycles. The Hall–Kier alpha value is -2.62. The molecular weight excluding hydrogens is 380 g/mol. The summed E-state index contributed by atoms with van der Waals surface area (Å²) in [7, 11) is 0. The van der Waals surface area contributed by atoms with Crippen molar-refractivity contribution in [3.8, 4) is 5.75 Å². The maximum absolute atomic E-state index is 6.07. The normalized spacial score (nSPS) is 21.6. The second-order valence-corrected chi connectivity index (χ2v) is 9.15. The van der Waals surface area contributed by atoms with Gasteiger partial charge in [-0.1, -0.05) is 72.8 Å². The van der Waals surface area contributed by atoms with Crippen molar-refractivity contribution in [2.24, 2.45) is 11.5 Å². The second kappa shape index (κ2) is 9.67. The highest BCUT2D eigenvalue weighted by Crippen LogP contribution is 2.48. The fourth-order valence-corrected chi connectivity index (χ4v) is 4.85. The van der Waals surface area contributed by atoms with Crippen LogP contribution in [0.1, 0.15) is 60.6 Å². The van der Waals surface area contributed by atoms with Gasteiger partial charge in [-0.15, -0.1) is 0 Å². The third kappa shape index (κ3) is 5.17. The molecule has 0 amide bonds. The Balaban J connectivity index is 1.57. The van der Waals surface area contributed by atoms with Crippen molar-refractivity contribution in [3.63, 3.8) is 0 Å². The van der Waals surface area contributed by atoms with Crippen LogP contribution in [0.15, 0.2) is 84.9 Å². The van der Waals surface area contributed by atoms with E-state index in [4.69, 9.17) is 16.2 Å². The maximum atomic E-state index is 6.07. The van der Waals surface area contributed by atoms with Crippen molar-refractivity contribution in [2.75, 3.05) is 13.1 Å². The number of rotatable bonds is 7. The van der Waals surface area contributed by atoms with Crippen molar-refractivity contribution < 1.29 is 4.74 Å². The van der Waals surface area contributed by atoms with Gasteiger partial charge in [0.1, 0.15) is 11.4 Å². The minimum atomic E-state index is -0.525. The van der Waals surface area contributed by atoms with Crippen LogP contribution in [0.3, 0.4) is 0 Å². The Morgan fingerprint density at radius 1 is 0.645 bits per heavy atom. The first-order valence-corrected chi connectivity index (χ1v) is 11.4. The predicted molar refractivity (Wildman–Crippen MR) is 129 cm³/mol. The van der Waals surface area contributed by atoms with Crippen molar-refractivity contribution in [1.82, 2.24) is 0 Å². The zero-order chi connectivity index (χ0) is 21.7. The highest BCUT2D eigenvalue weighted by atomic mass is 16.5. The van der Waals surface area contributed by atoms with Crippen LogP contribution in [0.2, 0.25) is 0 Å². The van der Waals surface area contributed by atoms with Gasteiger partial charge in [-0.25, -0.2) is 0 Å². The zero-order valence-electron chi connectivity index (χ0n) is 18.4. The summed E-state index contributed by atoms with van der Waals surface area (Å²) in [6, 6.07) is 30.6. The van der Waals surface area contributed by atoms with Gasteiger partial charge in [0.05, 0.1) is 0 Å². The Bertz CT molecular complexity index is 888. The number of hydrogen-bond donors (Lipinski definition) is 2. The van der Waals surface area contributed by atoms with Gasteiger partial charge in [0.25, 0.3) is 0 Å². The van der Waals surface area contributed by atoms with Gasteiger partial charge >= 0.3 is 0 Å². The van der Waals surface area contributed by atoms with E-state index in [2.05, 4.69) is 84.9 Å². The molecule has 0 aliphatic heterocycles. The summed E-state index contributed by atoms with van der Waals surface area (Å²) < 4.78 is 6.07. The standard InChI is InChI=1S/C28H34N2O/c1-28(19-29,20-30)31-27-14-12-23(13-15-27)26-17-24(21-8-4-2-5-9-21)16-25(18-26)22-10-6-3-7-11-22/h2-15,24-26H,16-20,29-30H2,1H3. The van der Waals surface area contributed by atoms with E-state index in [9.17, 15) is 0 Å². The molecule has 0 saturated heterocycles. The van der Waals surface area contributed by atoms with Crippen LogP contribution < -0.4 is 16.2 Å². The minimum absolute atomic E-state index is 0.394. The average Bonchev–Trinajstić information content (AvgIpc) is 2.85. The summed E-state index contributed by atoms with van der Waals surface area (Å²) in [6.45, 7) is 2.74. The minimum Gasteiger partial charge on any atom is -0.485 e. The molecule has 4 rings (SSSR count). The van der Waals surface area contributed by atoms with E-state index in [0.717, 1.165) is 5.75 Å². The van der Waals surface area contributed by atoms with Crippen molar-refractivity contribution >= 4 is 0 Å². The molecular formula is C28H34N2O. The van der Waals surface area contributed by atoms with Crippen molar-refractivity contribution in [2.45, 2.75) is 49.5 Å². The first-order valence-electron chi connectivity index (χ1n) is 11.4. The lowest BCUT2D eigenvalue weighted by atomic mass is 9.68. The average molecular weight is 415 g/mol. The van der Waals surface area contributed by atoms with Gasteiger partial charge in [-0.3, -0.25) is 0 Å². The van der Waals surface area contributed by atoms with Gasteiger partial charge in [-0.2, -0.15) is 0 Å².